The minimum Gasteiger partial charge on any atom is -0.445 e. The Balaban J connectivity index is 0.906. The molecule has 0 radical (unpaired) electrons. The quantitative estimate of drug-likeness (QED) is 0.154. The molecule has 3 amide bonds. The van der Waals surface area contributed by atoms with Gasteiger partial charge in [0.1, 0.15) is 12.7 Å². The largest absolute Gasteiger partial charge is 0.511 e. The summed E-state index contributed by atoms with van der Waals surface area (Å²) >= 11 is 0. The van der Waals surface area contributed by atoms with Gasteiger partial charge in [-0.15, -0.1) is 0 Å². The lowest BCUT2D eigenvalue weighted by Gasteiger charge is -2.34. The third-order valence-electron chi connectivity index (χ3n) is 10.5. The van der Waals surface area contributed by atoms with Crippen molar-refractivity contribution in [3.8, 4) is 0 Å². The van der Waals surface area contributed by atoms with E-state index in [1.54, 1.807) is 4.90 Å². The van der Waals surface area contributed by atoms with Gasteiger partial charge >= 0.3 is 24.2 Å². The first-order valence-corrected chi connectivity index (χ1v) is 18.1. The van der Waals surface area contributed by atoms with Crippen molar-refractivity contribution in [3.05, 3.63) is 65.7 Å². The van der Waals surface area contributed by atoms with E-state index < -0.39 is 12.4 Å². The van der Waals surface area contributed by atoms with Crippen molar-refractivity contribution >= 4 is 29.9 Å². The van der Waals surface area contributed by atoms with Crippen molar-refractivity contribution in [3.63, 3.8) is 0 Å². The topological polar surface area (TPSA) is 115 Å². The summed E-state index contributed by atoms with van der Waals surface area (Å²) in [7, 11) is 0. The molecule has 0 N–H and O–H groups in total. The highest BCUT2D eigenvalue weighted by Gasteiger charge is 2.38. The summed E-state index contributed by atoms with van der Waals surface area (Å²) in [5, 5.41) is 0. The lowest BCUT2D eigenvalue weighted by Crippen LogP contribution is -2.42. The summed E-state index contributed by atoms with van der Waals surface area (Å²) in [4.78, 5) is 56.5. The number of esters is 1. The second-order valence-corrected chi connectivity index (χ2v) is 13.8. The van der Waals surface area contributed by atoms with Gasteiger partial charge in [0.05, 0.1) is 5.92 Å². The summed E-state index contributed by atoms with van der Waals surface area (Å²) in [5.74, 6) is -0.311. The van der Waals surface area contributed by atoms with Crippen LogP contribution in [0.15, 0.2) is 54.6 Å². The number of urea groups is 1. The molecule has 0 bridgehead atoms. The molecular weight excluding hydrogens is 626 g/mol. The normalized spacial score (nSPS) is 22.8. The van der Waals surface area contributed by atoms with E-state index in [1.807, 2.05) is 52.3 Å². The van der Waals surface area contributed by atoms with E-state index in [9.17, 15) is 19.2 Å². The summed E-state index contributed by atoms with van der Waals surface area (Å²) in [5.41, 5.74) is 3.07. The van der Waals surface area contributed by atoms with Crippen LogP contribution in [0.3, 0.4) is 0 Å². The van der Waals surface area contributed by atoms with Gasteiger partial charge in [0.25, 0.3) is 0 Å². The molecule has 11 nitrogen and oxygen atoms in total. The molecule has 2 saturated carbocycles. The van der Waals surface area contributed by atoms with Gasteiger partial charge in [0, 0.05) is 44.8 Å². The number of carbonyl (C=O) groups excluding carboxylic acids is 4. The number of amides is 3. The Kier molecular flexibility index (Phi) is 11.6. The Hall–Kier alpha value is -4.28. The van der Waals surface area contributed by atoms with Gasteiger partial charge in [0.2, 0.25) is 6.29 Å². The maximum atomic E-state index is 13.5. The molecule has 264 valence electrons. The van der Waals surface area contributed by atoms with Crippen molar-refractivity contribution in [2.75, 3.05) is 31.1 Å². The molecule has 4 fully saturated rings. The summed E-state index contributed by atoms with van der Waals surface area (Å²) in [6.07, 6.45) is 7.13. The lowest BCUT2D eigenvalue weighted by atomic mass is 9.85. The first-order chi connectivity index (χ1) is 23.8. The molecule has 49 heavy (non-hydrogen) atoms. The minimum absolute atomic E-state index is 0.000370. The van der Waals surface area contributed by atoms with Crippen molar-refractivity contribution in [2.24, 2.45) is 5.92 Å². The molecular formula is C38H49N3O8. The van der Waals surface area contributed by atoms with Crippen LogP contribution in [0.4, 0.5) is 20.1 Å². The van der Waals surface area contributed by atoms with Gasteiger partial charge in [-0.25, -0.2) is 14.4 Å². The van der Waals surface area contributed by atoms with Crippen LogP contribution in [-0.2, 0) is 30.3 Å². The fourth-order valence-corrected chi connectivity index (χ4v) is 7.65. The molecule has 0 aromatic heterocycles. The minimum atomic E-state index is -1.01. The molecule has 1 unspecified atom stereocenters. The summed E-state index contributed by atoms with van der Waals surface area (Å²) < 4.78 is 21.5. The van der Waals surface area contributed by atoms with Gasteiger partial charge in [-0.1, -0.05) is 48.9 Å². The van der Waals surface area contributed by atoms with Gasteiger partial charge in [-0.05, 0) is 93.4 Å². The SMILES string of the molecule is CC(OC(=O)OC1CCCCC1)OC(=O)C1CCC(N2CCN(c3ccc(C4CCN(C(=O)OCc5ccccc5)CC4)cc3)C2=O)CC1. The Bertz CT molecular complexity index is 1410. The zero-order valence-electron chi connectivity index (χ0n) is 28.5. The molecule has 4 aliphatic rings. The van der Waals surface area contributed by atoms with Crippen molar-refractivity contribution < 1.29 is 38.1 Å². The predicted octanol–water partition coefficient (Wildman–Crippen LogP) is 7.38. The highest BCUT2D eigenvalue weighted by Crippen LogP contribution is 2.34. The lowest BCUT2D eigenvalue weighted by molar-refractivity contribution is -0.175. The van der Waals surface area contributed by atoms with Gasteiger partial charge in [0.15, 0.2) is 0 Å². The zero-order valence-corrected chi connectivity index (χ0v) is 28.5. The molecule has 2 heterocycles. The van der Waals surface area contributed by atoms with Crippen LogP contribution in [0.5, 0.6) is 0 Å². The number of piperidine rings is 1. The molecule has 2 aliphatic carbocycles. The maximum absolute atomic E-state index is 13.5. The van der Waals surface area contributed by atoms with Crippen molar-refractivity contribution in [1.29, 1.82) is 0 Å². The molecule has 2 aliphatic heterocycles. The van der Waals surface area contributed by atoms with E-state index >= 15 is 0 Å². The molecule has 0 spiro atoms. The van der Waals surface area contributed by atoms with Crippen molar-refractivity contribution in [1.82, 2.24) is 9.80 Å². The van der Waals surface area contributed by atoms with Gasteiger partial charge < -0.3 is 28.7 Å². The van der Waals surface area contributed by atoms with E-state index in [0.29, 0.717) is 44.9 Å². The molecule has 2 aromatic carbocycles. The molecule has 2 saturated heterocycles. The first kappa shape index (κ1) is 34.6. The van der Waals surface area contributed by atoms with Gasteiger partial charge in [-0.3, -0.25) is 9.69 Å². The third-order valence-corrected chi connectivity index (χ3v) is 10.5. The highest BCUT2D eigenvalue weighted by molar-refractivity contribution is 5.94. The average Bonchev–Trinajstić information content (AvgIpc) is 3.52. The summed E-state index contributed by atoms with van der Waals surface area (Å²) in [6.45, 7) is 4.39. The second kappa shape index (κ2) is 16.4. The fraction of sp³-hybridized carbons (Fsp3) is 0.579. The first-order valence-electron chi connectivity index (χ1n) is 18.1. The van der Waals surface area contributed by atoms with Crippen LogP contribution >= 0.6 is 0 Å². The van der Waals surface area contributed by atoms with Crippen LogP contribution in [0.25, 0.3) is 0 Å². The Labute approximate surface area is 288 Å². The maximum Gasteiger partial charge on any atom is 0.511 e. The third kappa shape index (κ3) is 9.05. The van der Waals surface area contributed by atoms with E-state index in [4.69, 9.17) is 18.9 Å². The number of likely N-dealkylation sites (tertiary alicyclic amines) is 1. The Morgan fingerprint density at radius 3 is 2.16 bits per heavy atom. The van der Waals surface area contributed by atoms with Crippen LogP contribution < -0.4 is 4.90 Å². The fourth-order valence-electron chi connectivity index (χ4n) is 7.65. The monoisotopic (exact) mass is 675 g/mol. The Morgan fingerprint density at radius 1 is 0.776 bits per heavy atom. The zero-order chi connectivity index (χ0) is 34.2. The van der Waals surface area contributed by atoms with Crippen LogP contribution in [0.1, 0.15) is 94.6 Å². The number of ether oxygens (including phenoxy) is 4. The van der Waals surface area contributed by atoms with Crippen LogP contribution in [0.2, 0.25) is 0 Å². The molecule has 6 rings (SSSR count). The van der Waals surface area contributed by atoms with Crippen LogP contribution in [-0.4, -0.2) is 78.7 Å². The molecule has 1 atom stereocenters. The Morgan fingerprint density at radius 2 is 1.47 bits per heavy atom. The smallest absolute Gasteiger partial charge is 0.445 e. The molecule has 11 heteroatoms. The average molecular weight is 676 g/mol. The van der Waals surface area contributed by atoms with E-state index in [1.165, 1.54) is 12.5 Å². The number of carbonyl (C=O) groups is 4. The highest BCUT2D eigenvalue weighted by atomic mass is 16.8. The number of anilines is 1. The van der Waals surface area contributed by atoms with Gasteiger partial charge in [-0.2, -0.15) is 0 Å². The summed E-state index contributed by atoms with van der Waals surface area (Å²) in [6, 6.07) is 18.0. The number of hydrogen-bond acceptors (Lipinski definition) is 8. The number of nitrogens with zero attached hydrogens (tertiary/aromatic N) is 3. The van der Waals surface area contributed by atoms with E-state index in [2.05, 4.69) is 12.1 Å². The molecule has 2 aromatic rings. The van der Waals surface area contributed by atoms with Crippen molar-refractivity contribution in [2.45, 2.75) is 109 Å². The standard InChI is InChI=1S/C38H49N3O8/c1-27(48-38(45)49-34-10-6-3-7-11-34)47-35(42)31-14-18-33(19-15-31)41-25-24-40(36(41)43)32-16-12-29(13-17-32)30-20-22-39(23-21-30)37(44)46-26-28-8-4-2-5-9-28/h2,4-5,8-9,12-13,16-17,27,30-31,33-34H,3,6-7,10-11,14-15,18-26H2,1H3. The van der Waals surface area contributed by atoms with E-state index in [0.717, 1.165) is 69.0 Å². The number of benzene rings is 2. The second-order valence-electron chi connectivity index (χ2n) is 13.8. The van der Waals surface area contributed by atoms with Crippen LogP contribution in [0, 0.1) is 5.92 Å². The van der Waals surface area contributed by atoms with E-state index in [-0.39, 0.29) is 42.8 Å². The predicted molar refractivity (Wildman–Crippen MR) is 182 cm³/mol. The number of hydrogen-bond donors (Lipinski definition) is 0. The number of rotatable bonds is 9.